The average Bonchev–Trinajstić information content (AvgIpc) is 2.72. The van der Waals surface area contributed by atoms with Gasteiger partial charge in [-0.3, -0.25) is 9.36 Å². The lowest BCUT2D eigenvalue weighted by molar-refractivity contribution is 0.498. The van der Waals surface area contributed by atoms with E-state index in [2.05, 4.69) is 10.2 Å². The molecule has 0 atom stereocenters. The summed E-state index contributed by atoms with van der Waals surface area (Å²) in [6.45, 7) is 5.54. The molecular formula is C10H15N5. The lowest BCUT2D eigenvalue weighted by Gasteiger charge is -2.01. The van der Waals surface area contributed by atoms with Crippen LogP contribution in [0.15, 0.2) is 18.6 Å². The van der Waals surface area contributed by atoms with Gasteiger partial charge in [-0.25, -0.2) is 0 Å². The summed E-state index contributed by atoms with van der Waals surface area (Å²) in [4.78, 5) is 0. The van der Waals surface area contributed by atoms with Crippen LogP contribution in [-0.2, 0) is 13.1 Å². The number of nitrogen functional groups attached to an aromatic ring is 1. The summed E-state index contributed by atoms with van der Waals surface area (Å²) in [5.74, 6) is 0. The van der Waals surface area contributed by atoms with E-state index >= 15 is 0 Å². The molecule has 15 heavy (non-hydrogen) atoms. The van der Waals surface area contributed by atoms with Gasteiger partial charge >= 0.3 is 0 Å². The van der Waals surface area contributed by atoms with Crippen LogP contribution < -0.4 is 5.73 Å². The quantitative estimate of drug-likeness (QED) is 0.812. The number of rotatable bonds is 3. The van der Waals surface area contributed by atoms with Crippen molar-refractivity contribution in [1.82, 2.24) is 19.6 Å². The molecule has 0 aliphatic carbocycles. The molecule has 0 aliphatic heterocycles. The summed E-state index contributed by atoms with van der Waals surface area (Å²) in [7, 11) is 0. The predicted octanol–water partition coefficient (Wildman–Crippen LogP) is 0.979. The second-order valence-corrected chi connectivity index (χ2v) is 3.71. The Morgan fingerprint density at radius 3 is 2.47 bits per heavy atom. The van der Waals surface area contributed by atoms with Crippen molar-refractivity contribution in [3.63, 3.8) is 0 Å². The number of nitrogens with zero attached hydrogens (tertiary/aromatic N) is 4. The largest absolute Gasteiger partial charge is 0.396 e. The minimum absolute atomic E-state index is 0.742. The Hall–Kier alpha value is -1.78. The first kappa shape index (κ1) is 9.76. The SMILES string of the molecule is Cc1cnn(CCn2cc(N)c(C)n2)c1. The molecule has 80 valence electrons. The maximum absolute atomic E-state index is 5.71. The van der Waals surface area contributed by atoms with Crippen LogP contribution in [0.3, 0.4) is 0 Å². The topological polar surface area (TPSA) is 61.7 Å². The van der Waals surface area contributed by atoms with E-state index in [1.165, 1.54) is 5.56 Å². The van der Waals surface area contributed by atoms with Gasteiger partial charge in [-0.05, 0) is 19.4 Å². The normalized spacial score (nSPS) is 10.8. The summed E-state index contributed by atoms with van der Waals surface area (Å²) in [6, 6.07) is 0. The molecule has 0 fully saturated rings. The van der Waals surface area contributed by atoms with Crippen molar-refractivity contribution < 1.29 is 0 Å². The monoisotopic (exact) mass is 205 g/mol. The molecule has 5 nitrogen and oxygen atoms in total. The smallest absolute Gasteiger partial charge is 0.0822 e. The minimum atomic E-state index is 0.742. The lowest BCUT2D eigenvalue weighted by Crippen LogP contribution is -2.08. The van der Waals surface area contributed by atoms with Crippen molar-refractivity contribution >= 4 is 5.69 Å². The van der Waals surface area contributed by atoms with E-state index in [9.17, 15) is 0 Å². The van der Waals surface area contributed by atoms with Gasteiger partial charge in [-0.2, -0.15) is 10.2 Å². The Balaban J connectivity index is 1.99. The zero-order chi connectivity index (χ0) is 10.8. The summed E-state index contributed by atoms with van der Waals surface area (Å²) < 4.78 is 3.75. The standard InChI is InChI=1S/C10H15N5/c1-8-5-12-14(6-8)3-4-15-7-10(11)9(2)13-15/h5-7H,3-4,11H2,1-2H3. The Labute approximate surface area is 88.5 Å². The van der Waals surface area contributed by atoms with E-state index in [-0.39, 0.29) is 0 Å². The first-order valence-corrected chi connectivity index (χ1v) is 4.94. The molecule has 0 aromatic carbocycles. The fourth-order valence-corrected chi connectivity index (χ4v) is 1.44. The van der Waals surface area contributed by atoms with Crippen molar-refractivity contribution in [2.45, 2.75) is 26.9 Å². The van der Waals surface area contributed by atoms with Gasteiger partial charge in [0.15, 0.2) is 0 Å². The number of nitrogens with two attached hydrogens (primary N) is 1. The molecule has 2 aromatic heterocycles. The molecule has 0 saturated heterocycles. The first-order chi connectivity index (χ1) is 7.15. The molecule has 5 heteroatoms. The van der Waals surface area contributed by atoms with Gasteiger partial charge < -0.3 is 5.73 Å². The highest BCUT2D eigenvalue weighted by Crippen LogP contribution is 2.06. The van der Waals surface area contributed by atoms with Crippen LogP contribution in [0.1, 0.15) is 11.3 Å². The molecule has 0 bridgehead atoms. The molecule has 0 amide bonds. The highest BCUT2D eigenvalue weighted by atomic mass is 15.3. The van der Waals surface area contributed by atoms with Crippen molar-refractivity contribution in [1.29, 1.82) is 0 Å². The Morgan fingerprint density at radius 1 is 1.20 bits per heavy atom. The highest BCUT2D eigenvalue weighted by Gasteiger charge is 2.00. The molecule has 2 rings (SSSR count). The fraction of sp³-hybridized carbons (Fsp3) is 0.400. The Bertz CT molecular complexity index is 435. The number of aromatic nitrogens is 4. The molecule has 2 N–H and O–H groups in total. The van der Waals surface area contributed by atoms with E-state index in [4.69, 9.17) is 5.73 Å². The minimum Gasteiger partial charge on any atom is -0.396 e. The fourth-order valence-electron chi connectivity index (χ4n) is 1.44. The molecule has 2 aromatic rings. The molecule has 0 spiro atoms. The molecule has 0 unspecified atom stereocenters. The third-order valence-electron chi connectivity index (χ3n) is 2.30. The van der Waals surface area contributed by atoms with Gasteiger partial charge in [0.2, 0.25) is 0 Å². The van der Waals surface area contributed by atoms with Crippen LogP contribution in [0.5, 0.6) is 0 Å². The number of aryl methyl sites for hydroxylation is 4. The van der Waals surface area contributed by atoms with Crippen molar-refractivity contribution in [3.8, 4) is 0 Å². The van der Waals surface area contributed by atoms with Gasteiger partial charge in [0.25, 0.3) is 0 Å². The second-order valence-electron chi connectivity index (χ2n) is 3.71. The van der Waals surface area contributed by atoms with Crippen LogP contribution in [-0.4, -0.2) is 19.6 Å². The van der Waals surface area contributed by atoms with Crippen LogP contribution in [0.25, 0.3) is 0 Å². The van der Waals surface area contributed by atoms with Gasteiger partial charge in [0.05, 0.1) is 30.7 Å². The van der Waals surface area contributed by atoms with Gasteiger partial charge in [-0.15, -0.1) is 0 Å². The molecule has 2 heterocycles. The van der Waals surface area contributed by atoms with Gasteiger partial charge in [-0.1, -0.05) is 0 Å². The third-order valence-corrected chi connectivity index (χ3v) is 2.30. The summed E-state index contributed by atoms with van der Waals surface area (Å²) in [5, 5.41) is 8.49. The van der Waals surface area contributed by atoms with Crippen molar-refractivity contribution in [2.24, 2.45) is 0 Å². The van der Waals surface area contributed by atoms with E-state index in [1.807, 2.05) is 41.8 Å². The maximum atomic E-state index is 5.71. The molecule has 0 saturated carbocycles. The lowest BCUT2D eigenvalue weighted by atomic mass is 10.4. The zero-order valence-electron chi connectivity index (χ0n) is 9.01. The van der Waals surface area contributed by atoms with Crippen LogP contribution in [0.2, 0.25) is 0 Å². The molecule has 0 aliphatic rings. The predicted molar refractivity (Wildman–Crippen MR) is 58.3 cm³/mol. The first-order valence-electron chi connectivity index (χ1n) is 4.94. The molecular weight excluding hydrogens is 190 g/mol. The number of hydrogen-bond acceptors (Lipinski definition) is 3. The highest BCUT2D eigenvalue weighted by molar-refractivity contribution is 5.39. The van der Waals surface area contributed by atoms with E-state index < -0.39 is 0 Å². The van der Waals surface area contributed by atoms with Crippen LogP contribution in [0, 0.1) is 13.8 Å². The third kappa shape index (κ3) is 2.18. The second kappa shape index (κ2) is 3.76. The van der Waals surface area contributed by atoms with E-state index in [0.29, 0.717) is 0 Å². The Kier molecular flexibility index (Phi) is 2.45. The van der Waals surface area contributed by atoms with Gasteiger partial charge in [0, 0.05) is 12.4 Å². The Morgan fingerprint density at radius 2 is 1.93 bits per heavy atom. The summed E-state index contributed by atoms with van der Waals surface area (Å²) in [5.41, 5.74) is 8.50. The van der Waals surface area contributed by atoms with Crippen molar-refractivity contribution in [3.05, 3.63) is 29.8 Å². The number of anilines is 1. The van der Waals surface area contributed by atoms with Gasteiger partial charge in [0.1, 0.15) is 0 Å². The summed E-state index contributed by atoms with van der Waals surface area (Å²) >= 11 is 0. The summed E-state index contributed by atoms with van der Waals surface area (Å²) in [6.07, 6.45) is 5.72. The molecule has 0 radical (unpaired) electrons. The van der Waals surface area contributed by atoms with E-state index in [0.717, 1.165) is 24.5 Å². The van der Waals surface area contributed by atoms with Crippen molar-refractivity contribution in [2.75, 3.05) is 5.73 Å². The average molecular weight is 205 g/mol. The van der Waals surface area contributed by atoms with E-state index in [1.54, 1.807) is 0 Å². The van der Waals surface area contributed by atoms with Crippen LogP contribution in [0.4, 0.5) is 5.69 Å². The number of hydrogen-bond donors (Lipinski definition) is 1. The zero-order valence-corrected chi connectivity index (χ0v) is 9.01. The maximum Gasteiger partial charge on any atom is 0.0822 e. The van der Waals surface area contributed by atoms with Crippen LogP contribution >= 0.6 is 0 Å².